The molecule has 1 saturated heterocycles. The smallest absolute Gasteiger partial charge is 0.273 e. The van der Waals surface area contributed by atoms with Gasteiger partial charge in [-0.05, 0) is 31.4 Å². The number of carbonyl (C=O) groups is 1. The lowest BCUT2D eigenvalue weighted by atomic mass is 10.1. The molecule has 0 saturated carbocycles. The van der Waals surface area contributed by atoms with Crippen LogP contribution in [0.15, 0.2) is 28.8 Å². The van der Waals surface area contributed by atoms with Gasteiger partial charge in [-0.25, -0.2) is 8.78 Å². The number of halogens is 2. The van der Waals surface area contributed by atoms with Crippen LogP contribution in [0.3, 0.4) is 0 Å². The third-order valence-electron chi connectivity index (χ3n) is 3.83. The quantitative estimate of drug-likeness (QED) is 0.865. The van der Waals surface area contributed by atoms with E-state index in [4.69, 9.17) is 14.0 Å². The average Bonchev–Trinajstić information content (AvgIpc) is 3.09. The highest BCUT2D eigenvalue weighted by atomic mass is 19.1. The first kappa shape index (κ1) is 17.3. The number of nitrogens with zero attached hydrogens (tertiary/aromatic N) is 1. The first-order valence-electron chi connectivity index (χ1n) is 8.05. The van der Waals surface area contributed by atoms with Gasteiger partial charge in [0.05, 0.1) is 6.10 Å². The fourth-order valence-electron chi connectivity index (χ4n) is 2.52. The van der Waals surface area contributed by atoms with Crippen LogP contribution in [0.2, 0.25) is 0 Å². The Hall–Kier alpha value is -2.48. The molecular weight excluding hydrogens is 334 g/mol. The van der Waals surface area contributed by atoms with Gasteiger partial charge in [0, 0.05) is 19.2 Å². The molecule has 2 heterocycles. The lowest BCUT2D eigenvalue weighted by molar-refractivity contribution is 0.0168. The van der Waals surface area contributed by atoms with E-state index in [-0.39, 0.29) is 24.2 Å². The van der Waals surface area contributed by atoms with Crippen molar-refractivity contribution in [1.29, 1.82) is 0 Å². The summed E-state index contributed by atoms with van der Waals surface area (Å²) in [6, 6.07) is 4.79. The van der Waals surface area contributed by atoms with Crippen molar-refractivity contribution in [1.82, 2.24) is 10.5 Å². The fourth-order valence-corrected chi connectivity index (χ4v) is 2.52. The van der Waals surface area contributed by atoms with Crippen LogP contribution in [-0.4, -0.2) is 30.3 Å². The van der Waals surface area contributed by atoms with Crippen LogP contribution in [0.25, 0.3) is 0 Å². The number of amides is 1. The van der Waals surface area contributed by atoms with Crippen LogP contribution in [0, 0.1) is 11.6 Å². The molecule has 6 nitrogen and oxygen atoms in total. The van der Waals surface area contributed by atoms with Gasteiger partial charge in [0.25, 0.3) is 5.91 Å². The number of hydrogen-bond donors (Lipinski definition) is 1. The lowest BCUT2D eigenvalue weighted by Gasteiger charge is -2.22. The van der Waals surface area contributed by atoms with E-state index in [0.717, 1.165) is 31.4 Å². The molecule has 1 aliphatic heterocycles. The summed E-state index contributed by atoms with van der Waals surface area (Å²) in [5, 5.41) is 6.37. The maximum Gasteiger partial charge on any atom is 0.273 e. The Bertz CT molecular complexity index is 709. The minimum Gasteiger partial charge on any atom is -0.479 e. The zero-order valence-corrected chi connectivity index (χ0v) is 13.5. The molecule has 2 aromatic rings. The highest BCUT2D eigenvalue weighted by molar-refractivity contribution is 5.92. The number of ether oxygens (including phenoxy) is 2. The third kappa shape index (κ3) is 4.54. The van der Waals surface area contributed by atoms with Crippen molar-refractivity contribution < 1.29 is 27.6 Å². The number of carbonyl (C=O) groups excluding carboxylic acids is 1. The molecule has 25 heavy (non-hydrogen) atoms. The predicted octanol–water partition coefficient (Wildman–Crippen LogP) is 2.83. The molecule has 1 amide bonds. The predicted molar refractivity (Wildman–Crippen MR) is 83.1 cm³/mol. The molecule has 1 atom stereocenters. The molecule has 0 aliphatic carbocycles. The Morgan fingerprint density at radius 2 is 2.12 bits per heavy atom. The number of nitrogens with one attached hydrogen (secondary N) is 1. The van der Waals surface area contributed by atoms with Crippen molar-refractivity contribution in [2.24, 2.45) is 0 Å². The molecule has 134 valence electrons. The molecule has 0 bridgehead atoms. The van der Waals surface area contributed by atoms with Crippen molar-refractivity contribution in [2.45, 2.75) is 32.0 Å². The summed E-state index contributed by atoms with van der Waals surface area (Å²) in [6.45, 7) is 0.862. The summed E-state index contributed by atoms with van der Waals surface area (Å²) in [7, 11) is 0. The number of hydrogen-bond acceptors (Lipinski definition) is 5. The van der Waals surface area contributed by atoms with Crippen molar-refractivity contribution in [3.63, 3.8) is 0 Å². The Morgan fingerprint density at radius 3 is 2.84 bits per heavy atom. The maximum atomic E-state index is 13.5. The maximum absolute atomic E-state index is 13.5. The van der Waals surface area contributed by atoms with Gasteiger partial charge >= 0.3 is 0 Å². The van der Waals surface area contributed by atoms with Crippen LogP contribution in [0.5, 0.6) is 5.75 Å². The summed E-state index contributed by atoms with van der Waals surface area (Å²) in [5.41, 5.74) is 0.0726. The summed E-state index contributed by atoms with van der Waals surface area (Å²) in [5.74, 6) is -2.35. The van der Waals surface area contributed by atoms with Crippen LogP contribution in [-0.2, 0) is 11.3 Å². The normalized spacial score (nSPS) is 17.3. The molecule has 0 spiro atoms. The van der Waals surface area contributed by atoms with Crippen molar-refractivity contribution >= 4 is 5.91 Å². The van der Waals surface area contributed by atoms with E-state index in [9.17, 15) is 13.6 Å². The Labute approximate surface area is 143 Å². The molecule has 1 fully saturated rings. The molecule has 3 rings (SSSR count). The second-order valence-corrected chi connectivity index (χ2v) is 5.72. The highest BCUT2D eigenvalue weighted by Gasteiger charge is 2.18. The van der Waals surface area contributed by atoms with E-state index in [2.05, 4.69) is 10.5 Å². The largest absolute Gasteiger partial charge is 0.479 e. The van der Waals surface area contributed by atoms with E-state index in [1.165, 1.54) is 12.1 Å². The van der Waals surface area contributed by atoms with E-state index in [0.29, 0.717) is 13.2 Å². The van der Waals surface area contributed by atoms with Gasteiger partial charge in [-0.1, -0.05) is 11.2 Å². The minimum atomic E-state index is -0.815. The summed E-state index contributed by atoms with van der Waals surface area (Å²) >= 11 is 0. The molecule has 1 N–H and O–H groups in total. The van der Waals surface area contributed by atoms with Crippen LogP contribution in [0.1, 0.15) is 35.5 Å². The third-order valence-corrected chi connectivity index (χ3v) is 3.83. The molecule has 1 aromatic carbocycles. The highest BCUT2D eigenvalue weighted by Crippen LogP contribution is 2.22. The Kier molecular flexibility index (Phi) is 5.60. The van der Waals surface area contributed by atoms with Gasteiger partial charge in [0.15, 0.2) is 28.8 Å². The minimum absolute atomic E-state index is 0.0106. The molecule has 1 aromatic heterocycles. The van der Waals surface area contributed by atoms with Crippen LogP contribution < -0.4 is 10.1 Å². The zero-order chi connectivity index (χ0) is 17.6. The van der Waals surface area contributed by atoms with Gasteiger partial charge in [-0.15, -0.1) is 0 Å². The molecule has 1 aliphatic rings. The molecule has 0 unspecified atom stereocenters. The van der Waals surface area contributed by atoms with E-state index in [1.807, 2.05) is 0 Å². The first-order valence-corrected chi connectivity index (χ1v) is 8.05. The van der Waals surface area contributed by atoms with Crippen molar-refractivity contribution in [3.05, 3.63) is 47.4 Å². The van der Waals surface area contributed by atoms with Crippen molar-refractivity contribution in [3.8, 4) is 5.75 Å². The lowest BCUT2D eigenvalue weighted by Crippen LogP contribution is -2.35. The van der Waals surface area contributed by atoms with Crippen LogP contribution in [0.4, 0.5) is 8.78 Å². The Morgan fingerprint density at radius 1 is 1.32 bits per heavy atom. The van der Waals surface area contributed by atoms with E-state index >= 15 is 0 Å². The van der Waals surface area contributed by atoms with Gasteiger partial charge in [-0.2, -0.15) is 0 Å². The number of aromatic nitrogens is 1. The number of rotatable bonds is 6. The molecular formula is C17H18F2N2O4. The van der Waals surface area contributed by atoms with E-state index in [1.54, 1.807) is 0 Å². The summed E-state index contributed by atoms with van der Waals surface area (Å²) in [6.07, 6.45) is 3.04. The topological polar surface area (TPSA) is 73.6 Å². The standard InChI is InChI=1S/C17H18F2N2O4/c18-13-5-3-6-14(19)16(13)24-10-12-8-15(21-25-12)17(22)20-9-11-4-1-2-7-23-11/h3,5-6,8,11H,1-2,4,7,9-10H2,(H,20,22)/t11-/m1/s1. The number of benzene rings is 1. The summed E-state index contributed by atoms with van der Waals surface area (Å²) in [4.78, 5) is 12.0. The molecule has 0 radical (unpaired) electrons. The second-order valence-electron chi connectivity index (χ2n) is 5.72. The SMILES string of the molecule is O=C(NC[C@H]1CCCCO1)c1cc(COc2c(F)cccc2F)on1. The van der Waals surface area contributed by atoms with Gasteiger partial charge in [0.1, 0.15) is 6.61 Å². The fraction of sp³-hybridized carbons (Fsp3) is 0.412. The van der Waals surface area contributed by atoms with Gasteiger partial charge in [-0.3, -0.25) is 4.79 Å². The van der Waals surface area contributed by atoms with Crippen molar-refractivity contribution in [2.75, 3.05) is 13.2 Å². The summed E-state index contributed by atoms with van der Waals surface area (Å²) < 4.78 is 42.5. The van der Waals surface area contributed by atoms with Crippen LogP contribution >= 0.6 is 0 Å². The van der Waals surface area contributed by atoms with E-state index < -0.39 is 23.3 Å². The second kappa shape index (κ2) is 8.06. The zero-order valence-electron chi connectivity index (χ0n) is 13.5. The first-order chi connectivity index (χ1) is 12.1. The monoisotopic (exact) mass is 352 g/mol. The van der Waals surface area contributed by atoms with Gasteiger partial charge in [0.2, 0.25) is 0 Å². The Balaban J connectivity index is 1.52. The molecule has 8 heteroatoms. The van der Waals surface area contributed by atoms with Gasteiger partial charge < -0.3 is 19.3 Å². The number of para-hydroxylation sites is 1. The average molecular weight is 352 g/mol.